The van der Waals surface area contributed by atoms with Gasteiger partial charge in [0.1, 0.15) is 12.1 Å². The lowest BCUT2D eigenvalue weighted by Crippen LogP contribution is -2.40. The summed E-state index contributed by atoms with van der Waals surface area (Å²) < 4.78 is 5.18. The van der Waals surface area contributed by atoms with Crippen LogP contribution in [0.5, 0.6) is 0 Å². The number of hydrogen-bond donors (Lipinski definition) is 2. The van der Waals surface area contributed by atoms with Gasteiger partial charge < -0.3 is 14.9 Å². The molecule has 1 amide bonds. The number of carbonyl (C=O) groups is 3. The molecule has 0 aliphatic rings. The Bertz CT molecular complexity index is 558. The maximum absolute atomic E-state index is 12.1. The predicted molar refractivity (Wildman–Crippen MR) is 79.0 cm³/mol. The van der Waals surface area contributed by atoms with Gasteiger partial charge in [0.25, 0.3) is 0 Å². The monoisotopic (exact) mass is 309 g/mol. The summed E-state index contributed by atoms with van der Waals surface area (Å²) in [4.78, 5) is 34.7. The molecule has 2 N–H and O–H groups in total. The van der Waals surface area contributed by atoms with Gasteiger partial charge in [-0.1, -0.05) is 12.1 Å². The molecule has 22 heavy (non-hydrogen) atoms. The molecular formula is C15H19NO6. The van der Waals surface area contributed by atoms with Crippen LogP contribution in [0.1, 0.15) is 26.3 Å². The van der Waals surface area contributed by atoms with Crippen molar-refractivity contribution in [1.29, 1.82) is 0 Å². The van der Waals surface area contributed by atoms with Crippen LogP contribution in [0.3, 0.4) is 0 Å². The number of anilines is 1. The fraction of sp³-hybridized carbons (Fsp3) is 0.400. The first-order valence-electron chi connectivity index (χ1n) is 6.61. The van der Waals surface area contributed by atoms with Crippen LogP contribution in [0.2, 0.25) is 0 Å². The van der Waals surface area contributed by atoms with E-state index in [9.17, 15) is 14.4 Å². The van der Waals surface area contributed by atoms with Gasteiger partial charge in [-0.2, -0.15) is 0 Å². The van der Waals surface area contributed by atoms with E-state index < -0.39 is 30.2 Å². The highest BCUT2D eigenvalue weighted by Crippen LogP contribution is 2.19. The summed E-state index contributed by atoms with van der Waals surface area (Å²) in [6.07, 6.45) is -0.924. The van der Waals surface area contributed by atoms with E-state index in [-0.39, 0.29) is 6.42 Å². The minimum absolute atomic E-state index is 0.147. The topological polar surface area (TPSA) is 104 Å². The quantitative estimate of drug-likeness (QED) is 0.863. The Morgan fingerprint density at radius 1 is 1.05 bits per heavy atom. The molecule has 0 bridgehead atoms. The zero-order chi connectivity index (χ0) is 16.9. The van der Waals surface area contributed by atoms with Crippen LogP contribution in [0.4, 0.5) is 10.5 Å². The van der Waals surface area contributed by atoms with Crippen LogP contribution < -0.4 is 4.90 Å². The lowest BCUT2D eigenvalue weighted by atomic mass is 10.1. The Morgan fingerprint density at radius 3 is 2.00 bits per heavy atom. The summed E-state index contributed by atoms with van der Waals surface area (Å²) in [7, 11) is 0. The molecule has 0 atom stereocenters. The Hall–Kier alpha value is -2.57. The van der Waals surface area contributed by atoms with Crippen molar-refractivity contribution in [2.45, 2.75) is 32.8 Å². The van der Waals surface area contributed by atoms with Gasteiger partial charge in [-0.3, -0.25) is 14.5 Å². The van der Waals surface area contributed by atoms with Crippen molar-refractivity contribution in [3.8, 4) is 0 Å². The van der Waals surface area contributed by atoms with E-state index in [4.69, 9.17) is 14.9 Å². The SMILES string of the molecule is CC(C)(C)OC(=O)N(CC(=O)O)c1ccc(CC(=O)O)cc1. The normalized spacial score (nSPS) is 10.9. The Morgan fingerprint density at radius 2 is 1.59 bits per heavy atom. The molecule has 0 aromatic heterocycles. The van der Waals surface area contributed by atoms with E-state index in [1.807, 2.05) is 0 Å². The number of hydrogen-bond acceptors (Lipinski definition) is 4. The van der Waals surface area contributed by atoms with Crippen molar-refractivity contribution >= 4 is 23.7 Å². The van der Waals surface area contributed by atoms with E-state index in [2.05, 4.69) is 0 Å². The molecule has 7 nitrogen and oxygen atoms in total. The third-order valence-corrected chi connectivity index (χ3v) is 2.51. The Kier molecular flexibility index (Phi) is 5.50. The largest absolute Gasteiger partial charge is 0.481 e. The van der Waals surface area contributed by atoms with Crippen molar-refractivity contribution in [1.82, 2.24) is 0 Å². The second-order valence-corrected chi connectivity index (χ2v) is 5.70. The highest BCUT2D eigenvalue weighted by molar-refractivity contribution is 5.93. The van der Waals surface area contributed by atoms with Gasteiger partial charge in [0.2, 0.25) is 0 Å². The molecule has 0 unspecified atom stereocenters. The number of amides is 1. The van der Waals surface area contributed by atoms with Crippen molar-refractivity contribution < 1.29 is 29.3 Å². The average Bonchev–Trinajstić information content (AvgIpc) is 2.34. The summed E-state index contributed by atoms with van der Waals surface area (Å²) in [6.45, 7) is 4.49. The molecule has 0 saturated heterocycles. The number of carboxylic acid groups (broad SMARTS) is 2. The van der Waals surface area contributed by atoms with Crippen LogP contribution in [0.25, 0.3) is 0 Å². The van der Waals surface area contributed by atoms with Crippen molar-refractivity contribution in [2.75, 3.05) is 11.4 Å². The molecule has 0 radical (unpaired) electrons. The summed E-state index contributed by atoms with van der Waals surface area (Å²) in [5, 5.41) is 17.7. The van der Waals surface area contributed by atoms with E-state index in [1.165, 1.54) is 24.3 Å². The molecular weight excluding hydrogens is 290 g/mol. The second kappa shape index (κ2) is 6.93. The first-order valence-corrected chi connectivity index (χ1v) is 6.61. The molecule has 1 rings (SSSR count). The maximum atomic E-state index is 12.1. The van der Waals surface area contributed by atoms with E-state index in [1.54, 1.807) is 20.8 Å². The summed E-state index contributed by atoms with van der Waals surface area (Å²) in [6, 6.07) is 6.04. The van der Waals surface area contributed by atoms with Gasteiger partial charge in [-0.25, -0.2) is 4.79 Å². The van der Waals surface area contributed by atoms with Gasteiger partial charge in [-0.15, -0.1) is 0 Å². The number of benzene rings is 1. The highest BCUT2D eigenvalue weighted by atomic mass is 16.6. The number of ether oxygens (including phenoxy) is 1. The standard InChI is InChI=1S/C15H19NO6/c1-15(2,3)22-14(21)16(9-13(19)20)11-6-4-10(5-7-11)8-12(17)18/h4-7H,8-9H2,1-3H3,(H,17,18)(H,19,20). The first kappa shape index (κ1) is 17.5. The maximum Gasteiger partial charge on any atom is 0.415 e. The van der Waals surface area contributed by atoms with E-state index in [0.717, 1.165) is 4.90 Å². The number of carboxylic acids is 2. The number of aliphatic carboxylic acids is 2. The van der Waals surface area contributed by atoms with E-state index >= 15 is 0 Å². The molecule has 0 spiro atoms. The lowest BCUT2D eigenvalue weighted by molar-refractivity contribution is -0.136. The molecule has 1 aromatic rings. The second-order valence-electron chi connectivity index (χ2n) is 5.70. The minimum Gasteiger partial charge on any atom is -0.481 e. The molecule has 0 aliphatic carbocycles. The molecule has 1 aromatic carbocycles. The van der Waals surface area contributed by atoms with Crippen molar-refractivity contribution in [2.24, 2.45) is 0 Å². The van der Waals surface area contributed by atoms with Gasteiger partial charge in [-0.05, 0) is 38.5 Å². The first-order chi connectivity index (χ1) is 10.1. The predicted octanol–water partition coefficient (Wildman–Crippen LogP) is 2.14. The summed E-state index contributed by atoms with van der Waals surface area (Å²) >= 11 is 0. The van der Waals surface area contributed by atoms with Gasteiger partial charge in [0, 0.05) is 5.69 Å². The van der Waals surface area contributed by atoms with Crippen molar-refractivity contribution in [3.63, 3.8) is 0 Å². The lowest BCUT2D eigenvalue weighted by Gasteiger charge is -2.26. The van der Waals surface area contributed by atoms with Crippen molar-refractivity contribution in [3.05, 3.63) is 29.8 Å². The fourth-order valence-corrected chi connectivity index (χ4v) is 1.68. The number of rotatable bonds is 5. The van der Waals surface area contributed by atoms with Crippen LogP contribution in [-0.4, -0.2) is 40.4 Å². The molecule has 7 heteroatoms. The molecule has 0 fully saturated rings. The highest BCUT2D eigenvalue weighted by Gasteiger charge is 2.25. The Balaban J connectivity index is 2.98. The third kappa shape index (κ3) is 5.82. The average molecular weight is 309 g/mol. The molecule has 0 aliphatic heterocycles. The van der Waals surface area contributed by atoms with Crippen LogP contribution >= 0.6 is 0 Å². The zero-order valence-electron chi connectivity index (χ0n) is 12.7. The molecule has 120 valence electrons. The summed E-state index contributed by atoms with van der Waals surface area (Å²) in [5.74, 6) is -2.15. The molecule has 0 saturated carbocycles. The van der Waals surface area contributed by atoms with Gasteiger partial charge in [0.05, 0.1) is 6.42 Å². The van der Waals surface area contributed by atoms with Crippen LogP contribution in [0.15, 0.2) is 24.3 Å². The van der Waals surface area contributed by atoms with Crippen LogP contribution in [0, 0.1) is 0 Å². The van der Waals surface area contributed by atoms with Crippen LogP contribution in [-0.2, 0) is 20.7 Å². The minimum atomic E-state index is -1.18. The smallest absolute Gasteiger partial charge is 0.415 e. The van der Waals surface area contributed by atoms with Gasteiger partial charge in [0.15, 0.2) is 0 Å². The third-order valence-electron chi connectivity index (χ3n) is 2.51. The molecule has 0 heterocycles. The zero-order valence-corrected chi connectivity index (χ0v) is 12.7. The number of carbonyl (C=O) groups excluding carboxylic acids is 1. The number of nitrogens with zero attached hydrogens (tertiary/aromatic N) is 1. The van der Waals surface area contributed by atoms with Gasteiger partial charge >= 0.3 is 18.0 Å². The van der Waals surface area contributed by atoms with E-state index in [0.29, 0.717) is 11.3 Å². The fourth-order valence-electron chi connectivity index (χ4n) is 1.68. The Labute approximate surface area is 128 Å². The summed E-state index contributed by atoms with van der Waals surface area (Å²) in [5.41, 5.74) is 0.123.